The summed E-state index contributed by atoms with van der Waals surface area (Å²) in [6.45, 7) is 2.79. The average molecular weight is 499 g/mol. The van der Waals surface area contributed by atoms with Crippen molar-refractivity contribution < 1.29 is 14.6 Å². The second-order valence-electron chi connectivity index (χ2n) is 6.20. The predicted molar refractivity (Wildman–Crippen MR) is 118 cm³/mol. The number of hydrogen-bond donors (Lipinski definition) is 1. The maximum Gasteiger partial charge on any atom is 0.264 e. The Morgan fingerprint density at radius 3 is 2.76 bits per heavy atom. The van der Waals surface area contributed by atoms with Gasteiger partial charge in [-0.15, -0.1) is 10.2 Å². The summed E-state index contributed by atoms with van der Waals surface area (Å²) in [7, 11) is 0. The molecule has 1 N–H and O–H groups in total. The lowest BCUT2D eigenvalue weighted by Crippen LogP contribution is -2.01. The van der Waals surface area contributed by atoms with Gasteiger partial charge in [0.15, 0.2) is 5.69 Å². The number of benzene rings is 2. The van der Waals surface area contributed by atoms with Gasteiger partial charge in [-0.2, -0.15) is 0 Å². The molecule has 0 aliphatic heterocycles. The number of fused-ring (bicyclic) bond motifs is 1. The van der Waals surface area contributed by atoms with Crippen molar-refractivity contribution in [2.45, 2.75) is 26.3 Å². The van der Waals surface area contributed by atoms with Crippen LogP contribution in [0.2, 0.25) is 10.0 Å². The lowest BCUT2D eigenvalue weighted by molar-refractivity contribution is -0.118. The number of azo groups is 1. The Bertz CT molecular complexity index is 1080. The molecule has 0 unspecified atom stereocenters. The van der Waals surface area contributed by atoms with E-state index < -0.39 is 5.91 Å². The summed E-state index contributed by atoms with van der Waals surface area (Å²) in [5.74, 6) is 0.0912. The van der Waals surface area contributed by atoms with Crippen LogP contribution in [-0.2, 0) is 11.3 Å². The third-order valence-corrected chi connectivity index (χ3v) is 5.26. The molecule has 0 saturated carbocycles. The van der Waals surface area contributed by atoms with E-state index in [-0.39, 0.29) is 18.0 Å². The van der Waals surface area contributed by atoms with Gasteiger partial charge < -0.3 is 14.4 Å². The van der Waals surface area contributed by atoms with Crippen LogP contribution in [0.5, 0.6) is 11.6 Å². The van der Waals surface area contributed by atoms with E-state index in [2.05, 4.69) is 26.2 Å². The number of rotatable bonds is 7. The van der Waals surface area contributed by atoms with E-state index in [1.165, 1.54) is 0 Å². The minimum Gasteiger partial charge on any atom is -0.493 e. The fourth-order valence-corrected chi connectivity index (χ4v) is 3.69. The predicted octanol–water partition coefficient (Wildman–Crippen LogP) is 6.91. The van der Waals surface area contributed by atoms with Gasteiger partial charge in [0.2, 0.25) is 5.88 Å². The van der Waals surface area contributed by atoms with Crippen molar-refractivity contribution in [3.63, 3.8) is 0 Å². The van der Waals surface area contributed by atoms with Gasteiger partial charge >= 0.3 is 0 Å². The van der Waals surface area contributed by atoms with Crippen molar-refractivity contribution in [1.82, 2.24) is 4.57 Å². The molecule has 9 heteroatoms. The highest BCUT2D eigenvalue weighted by molar-refractivity contribution is 9.10. The van der Waals surface area contributed by atoms with E-state index in [0.717, 1.165) is 15.4 Å². The molecule has 152 valence electrons. The maximum atomic E-state index is 12.1. The Hall–Kier alpha value is -2.09. The van der Waals surface area contributed by atoms with Crippen LogP contribution in [0.3, 0.4) is 0 Å². The number of carbonyl (C=O) groups is 1. The molecule has 0 saturated heterocycles. The second kappa shape index (κ2) is 9.61. The summed E-state index contributed by atoms with van der Waals surface area (Å²) in [5.41, 5.74) is 1.10. The fourth-order valence-electron chi connectivity index (χ4n) is 2.87. The molecule has 6 nitrogen and oxygen atoms in total. The Labute approximate surface area is 186 Å². The minimum atomic E-state index is -0.400. The molecule has 0 fully saturated rings. The van der Waals surface area contributed by atoms with Crippen molar-refractivity contribution in [3.8, 4) is 11.6 Å². The van der Waals surface area contributed by atoms with Crippen molar-refractivity contribution in [1.29, 1.82) is 0 Å². The summed E-state index contributed by atoms with van der Waals surface area (Å²) in [4.78, 5) is 12.1. The molecule has 1 heterocycles. The zero-order valence-corrected chi connectivity index (χ0v) is 18.6. The Kier molecular flexibility index (Phi) is 7.16. The summed E-state index contributed by atoms with van der Waals surface area (Å²) < 4.78 is 8.11. The standard InChI is InChI=1S/C20H18BrCl2N3O3/c1-2-26-16-7-5-12(21)10-14(16)19(20(26)28)25-24-18(27)4-3-9-29-17-8-6-13(22)11-15(17)23/h5-8,10-11,28H,2-4,9H2,1H3. The molecule has 1 amide bonds. The SMILES string of the molecule is CCn1c(O)c(N=NC(=O)CCCOc2ccc(Cl)cc2Cl)c2cc(Br)ccc21. The van der Waals surface area contributed by atoms with E-state index in [1.54, 1.807) is 22.8 Å². The summed E-state index contributed by atoms with van der Waals surface area (Å²) in [6, 6.07) is 10.5. The molecule has 3 rings (SSSR count). The molecule has 3 aromatic rings. The highest BCUT2D eigenvalue weighted by atomic mass is 79.9. The summed E-state index contributed by atoms with van der Waals surface area (Å²) in [6.07, 6.45) is 0.608. The first-order valence-electron chi connectivity index (χ1n) is 8.93. The number of hydrogen-bond acceptors (Lipinski definition) is 4. The first-order chi connectivity index (χ1) is 13.9. The Morgan fingerprint density at radius 2 is 2.03 bits per heavy atom. The largest absolute Gasteiger partial charge is 0.493 e. The number of carbonyl (C=O) groups excluding carboxylic acids is 1. The molecule has 0 radical (unpaired) electrons. The molecule has 29 heavy (non-hydrogen) atoms. The number of amides is 1. The lowest BCUT2D eigenvalue weighted by atomic mass is 10.2. The van der Waals surface area contributed by atoms with Gasteiger partial charge in [-0.25, -0.2) is 0 Å². The van der Waals surface area contributed by atoms with Crippen molar-refractivity contribution in [3.05, 3.63) is 50.9 Å². The number of aromatic hydroxyl groups is 1. The fraction of sp³-hybridized carbons (Fsp3) is 0.250. The van der Waals surface area contributed by atoms with Gasteiger partial charge in [0.1, 0.15) is 5.75 Å². The quantitative estimate of drug-likeness (QED) is 0.284. The minimum absolute atomic E-state index is 0.0159. The monoisotopic (exact) mass is 497 g/mol. The van der Waals surface area contributed by atoms with Gasteiger partial charge in [0.05, 0.1) is 17.1 Å². The molecular weight excluding hydrogens is 481 g/mol. The van der Waals surface area contributed by atoms with Crippen LogP contribution in [0.15, 0.2) is 51.1 Å². The first-order valence-corrected chi connectivity index (χ1v) is 10.5. The third-order valence-electron chi connectivity index (χ3n) is 4.24. The molecule has 0 atom stereocenters. The maximum absolute atomic E-state index is 12.1. The molecule has 0 aliphatic carbocycles. The van der Waals surface area contributed by atoms with Gasteiger partial charge in [-0.3, -0.25) is 4.79 Å². The van der Waals surface area contributed by atoms with Gasteiger partial charge in [-0.1, -0.05) is 39.1 Å². The summed E-state index contributed by atoms with van der Waals surface area (Å²) in [5, 5.41) is 19.9. The van der Waals surface area contributed by atoms with Crippen LogP contribution in [0.25, 0.3) is 10.9 Å². The third kappa shape index (κ3) is 5.10. The number of ether oxygens (including phenoxy) is 1. The first kappa shape index (κ1) is 21.6. The van der Waals surface area contributed by atoms with Gasteiger partial charge in [0.25, 0.3) is 5.91 Å². The van der Waals surface area contributed by atoms with Crippen molar-refractivity contribution >= 4 is 61.6 Å². The number of halogens is 3. The molecule has 0 spiro atoms. The number of nitrogens with zero attached hydrogens (tertiary/aromatic N) is 3. The van der Waals surface area contributed by atoms with E-state index in [1.807, 2.05) is 25.1 Å². The molecule has 0 bridgehead atoms. The van der Waals surface area contributed by atoms with Crippen molar-refractivity contribution in [2.24, 2.45) is 10.2 Å². The van der Waals surface area contributed by atoms with E-state index >= 15 is 0 Å². The van der Waals surface area contributed by atoms with Gasteiger partial charge in [-0.05, 0) is 49.7 Å². The zero-order valence-electron chi connectivity index (χ0n) is 15.5. The molecule has 2 aromatic carbocycles. The Balaban J connectivity index is 1.62. The van der Waals surface area contributed by atoms with Crippen LogP contribution >= 0.6 is 39.1 Å². The van der Waals surface area contributed by atoms with E-state index in [9.17, 15) is 9.90 Å². The highest BCUT2D eigenvalue weighted by Gasteiger charge is 2.16. The van der Waals surface area contributed by atoms with Crippen molar-refractivity contribution in [2.75, 3.05) is 6.61 Å². The highest BCUT2D eigenvalue weighted by Crippen LogP contribution is 2.40. The van der Waals surface area contributed by atoms with Crippen LogP contribution < -0.4 is 4.74 Å². The van der Waals surface area contributed by atoms with E-state index in [0.29, 0.717) is 35.4 Å². The molecular formula is C20H18BrCl2N3O3. The van der Waals surface area contributed by atoms with Crippen LogP contribution in [0.4, 0.5) is 5.69 Å². The zero-order chi connectivity index (χ0) is 21.0. The van der Waals surface area contributed by atoms with Gasteiger partial charge in [0, 0.05) is 27.8 Å². The molecule has 1 aromatic heterocycles. The lowest BCUT2D eigenvalue weighted by Gasteiger charge is -2.07. The normalized spacial score (nSPS) is 11.4. The van der Waals surface area contributed by atoms with Crippen LogP contribution in [-0.4, -0.2) is 22.2 Å². The smallest absolute Gasteiger partial charge is 0.264 e. The summed E-state index contributed by atoms with van der Waals surface area (Å²) >= 11 is 15.3. The number of aryl methyl sites for hydroxylation is 1. The Morgan fingerprint density at radius 1 is 1.24 bits per heavy atom. The average Bonchev–Trinajstić information content (AvgIpc) is 2.94. The second-order valence-corrected chi connectivity index (χ2v) is 7.96. The topological polar surface area (TPSA) is 76.2 Å². The molecule has 0 aliphatic rings. The van der Waals surface area contributed by atoms with Crippen LogP contribution in [0.1, 0.15) is 19.8 Å². The van der Waals surface area contributed by atoms with E-state index in [4.69, 9.17) is 27.9 Å². The van der Waals surface area contributed by atoms with Crippen LogP contribution in [0, 0.1) is 0 Å². The number of aromatic nitrogens is 1.